The van der Waals surface area contributed by atoms with Crippen LogP contribution in [0, 0.1) is 11.8 Å². The van der Waals surface area contributed by atoms with E-state index in [9.17, 15) is 0 Å². The molecule has 2 heterocycles. The summed E-state index contributed by atoms with van der Waals surface area (Å²) in [5.41, 5.74) is 1.14. The smallest absolute Gasteiger partial charge is 0.136 e. The number of fused-ring (bicyclic) bond motifs is 2. The van der Waals surface area contributed by atoms with E-state index in [1.807, 2.05) is 7.05 Å². The van der Waals surface area contributed by atoms with Gasteiger partial charge in [-0.05, 0) is 43.2 Å². The minimum atomic E-state index is 0.832. The van der Waals surface area contributed by atoms with Crippen LogP contribution in [-0.2, 0) is 6.54 Å². The number of aromatic nitrogens is 1. The maximum absolute atomic E-state index is 4.96. The summed E-state index contributed by atoms with van der Waals surface area (Å²) in [5, 5.41) is 5.84. The van der Waals surface area contributed by atoms with E-state index in [1.54, 1.807) is 0 Å². The molecular weight excluding hydrogens is 258 g/mol. The minimum Gasteiger partial charge on any atom is -0.356 e. The first-order valence-corrected chi connectivity index (χ1v) is 8.13. The summed E-state index contributed by atoms with van der Waals surface area (Å²) in [6.07, 6.45) is 4.25. The van der Waals surface area contributed by atoms with Gasteiger partial charge in [0, 0.05) is 25.0 Å². The molecule has 1 N–H and O–H groups in total. The Labute approximate surface area is 126 Å². The standard InChI is InChI=1S/C18H23N3/c1-19-10-16-9-13-5-2-3-8-17(13)18(20-16)21-11-14-6-4-7-15(14)12-21/h2-3,5,8-9,14-15,19H,4,6-7,10-12H2,1H3. The quantitative estimate of drug-likeness (QED) is 0.936. The van der Waals surface area contributed by atoms with Crippen molar-refractivity contribution in [3.63, 3.8) is 0 Å². The Hall–Kier alpha value is -1.61. The molecule has 2 aromatic rings. The van der Waals surface area contributed by atoms with Gasteiger partial charge >= 0.3 is 0 Å². The predicted molar refractivity (Wildman–Crippen MR) is 87.6 cm³/mol. The van der Waals surface area contributed by atoms with Gasteiger partial charge in [0.05, 0.1) is 5.69 Å². The lowest BCUT2D eigenvalue weighted by Crippen LogP contribution is -2.23. The molecule has 1 aliphatic heterocycles. The fourth-order valence-corrected chi connectivity index (χ4v) is 4.16. The molecule has 2 unspecified atom stereocenters. The van der Waals surface area contributed by atoms with Gasteiger partial charge in [-0.1, -0.05) is 30.7 Å². The van der Waals surface area contributed by atoms with Crippen molar-refractivity contribution in [1.29, 1.82) is 0 Å². The number of nitrogens with zero attached hydrogens (tertiary/aromatic N) is 2. The molecule has 110 valence electrons. The maximum atomic E-state index is 4.96. The first-order chi connectivity index (χ1) is 10.3. The van der Waals surface area contributed by atoms with Crippen LogP contribution in [0.1, 0.15) is 25.0 Å². The second kappa shape index (κ2) is 5.30. The van der Waals surface area contributed by atoms with Crippen molar-refractivity contribution in [3.05, 3.63) is 36.0 Å². The van der Waals surface area contributed by atoms with E-state index in [1.165, 1.54) is 48.9 Å². The highest BCUT2D eigenvalue weighted by Crippen LogP contribution is 2.40. The summed E-state index contributed by atoms with van der Waals surface area (Å²) in [4.78, 5) is 7.50. The fourth-order valence-electron chi connectivity index (χ4n) is 4.16. The van der Waals surface area contributed by atoms with Crippen LogP contribution in [-0.4, -0.2) is 25.1 Å². The molecular formula is C18H23N3. The predicted octanol–water partition coefficient (Wildman–Crippen LogP) is 3.19. The molecule has 0 amide bonds. The Balaban J connectivity index is 1.76. The Morgan fingerprint density at radius 1 is 1.19 bits per heavy atom. The summed E-state index contributed by atoms with van der Waals surface area (Å²) in [6.45, 7) is 3.23. The molecule has 1 aromatic heterocycles. The third kappa shape index (κ3) is 2.30. The first kappa shape index (κ1) is 13.1. The van der Waals surface area contributed by atoms with Crippen LogP contribution in [0.3, 0.4) is 0 Å². The molecule has 1 saturated heterocycles. The van der Waals surface area contributed by atoms with Crippen molar-refractivity contribution in [2.24, 2.45) is 11.8 Å². The number of hydrogen-bond donors (Lipinski definition) is 1. The molecule has 2 aliphatic rings. The highest BCUT2D eigenvalue weighted by Gasteiger charge is 2.37. The largest absolute Gasteiger partial charge is 0.356 e. The molecule has 21 heavy (non-hydrogen) atoms. The lowest BCUT2D eigenvalue weighted by molar-refractivity contribution is 0.494. The molecule has 3 heteroatoms. The summed E-state index contributed by atoms with van der Waals surface area (Å²) < 4.78 is 0. The van der Waals surface area contributed by atoms with Crippen molar-refractivity contribution >= 4 is 16.6 Å². The number of hydrogen-bond acceptors (Lipinski definition) is 3. The van der Waals surface area contributed by atoms with Gasteiger partial charge in [-0.3, -0.25) is 0 Å². The number of anilines is 1. The second-order valence-electron chi connectivity index (χ2n) is 6.54. The molecule has 0 bridgehead atoms. The SMILES string of the molecule is CNCc1cc2ccccc2c(N2CC3CCCC3C2)n1. The fraction of sp³-hybridized carbons (Fsp3) is 0.500. The molecule has 3 nitrogen and oxygen atoms in total. The third-order valence-corrected chi connectivity index (χ3v) is 5.16. The first-order valence-electron chi connectivity index (χ1n) is 8.13. The van der Waals surface area contributed by atoms with E-state index >= 15 is 0 Å². The highest BCUT2D eigenvalue weighted by atomic mass is 15.2. The monoisotopic (exact) mass is 281 g/mol. The van der Waals surface area contributed by atoms with Gasteiger partial charge in [0.1, 0.15) is 5.82 Å². The van der Waals surface area contributed by atoms with Crippen molar-refractivity contribution in [3.8, 4) is 0 Å². The van der Waals surface area contributed by atoms with Crippen molar-refractivity contribution in [2.75, 3.05) is 25.0 Å². The summed E-state index contributed by atoms with van der Waals surface area (Å²) in [6, 6.07) is 10.9. The molecule has 4 rings (SSSR count). The average Bonchev–Trinajstić information content (AvgIpc) is 3.08. The number of nitrogens with one attached hydrogen (secondary N) is 1. The summed E-state index contributed by atoms with van der Waals surface area (Å²) in [7, 11) is 1.98. The molecule has 1 aliphatic carbocycles. The van der Waals surface area contributed by atoms with E-state index in [0.717, 1.165) is 24.1 Å². The number of pyridine rings is 1. The van der Waals surface area contributed by atoms with Gasteiger partial charge in [0.15, 0.2) is 0 Å². The molecule has 2 atom stereocenters. The minimum absolute atomic E-state index is 0.832. The third-order valence-electron chi connectivity index (χ3n) is 5.16. The Morgan fingerprint density at radius 3 is 2.71 bits per heavy atom. The molecule has 1 aromatic carbocycles. The van der Waals surface area contributed by atoms with Crippen molar-refractivity contribution in [2.45, 2.75) is 25.8 Å². The summed E-state index contributed by atoms with van der Waals surface area (Å²) in [5.74, 6) is 3.00. The van der Waals surface area contributed by atoms with Crippen molar-refractivity contribution in [1.82, 2.24) is 10.3 Å². The molecule has 0 spiro atoms. The van der Waals surface area contributed by atoms with E-state index in [2.05, 4.69) is 40.5 Å². The van der Waals surface area contributed by atoms with Gasteiger partial charge in [-0.15, -0.1) is 0 Å². The zero-order valence-electron chi connectivity index (χ0n) is 12.7. The van der Waals surface area contributed by atoms with Gasteiger partial charge in [-0.25, -0.2) is 4.98 Å². The van der Waals surface area contributed by atoms with Gasteiger partial charge in [0.25, 0.3) is 0 Å². The number of benzene rings is 1. The van der Waals surface area contributed by atoms with Gasteiger partial charge < -0.3 is 10.2 Å². The lowest BCUT2D eigenvalue weighted by Gasteiger charge is -2.21. The van der Waals surface area contributed by atoms with Crippen LogP contribution in [0.5, 0.6) is 0 Å². The normalized spacial score (nSPS) is 24.7. The van der Waals surface area contributed by atoms with Crippen molar-refractivity contribution < 1.29 is 0 Å². The average molecular weight is 281 g/mol. The second-order valence-corrected chi connectivity index (χ2v) is 6.54. The van der Waals surface area contributed by atoms with E-state index in [0.29, 0.717) is 0 Å². The number of rotatable bonds is 3. The van der Waals surface area contributed by atoms with Gasteiger partial charge in [-0.2, -0.15) is 0 Å². The topological polar surface area (TPSA) is 28.2 Å². The zero-order valence-corrected chi connectivity index (χ0v) is 12.7. The Morgan fingerprint density at radius 2 is 1.95 bits per heavy atom. The Kier molecular flexibility index (Phi) is 3.30. The van der Waals surface area contributed by atoms with E-state index in [4.69, 9.17) is 4.98 Å². The molecule has 1 saturated carbocycles. The molecule has 0 radical (unpaired) electrons. The lowest BCUT2D eigenvalue weighted by atomic mass is 10.0. The highest BCUT2D eigenvalue weighted by molar-refractivity contribution is 5.92. The molecule has 2 fully saturated rings. The maximum Gasteiger partial charge on any atom is 0.136 e. The Bertz CT molecular complexity index is 640. The summed E-state index contributed by atoms with van der Waals surface area (Å²) >= 11 is 0. The van der Waals surface area contributed by atoms with E-state index < -0.39 is 0 Å². The van der Waals surface area contributed by atoms with Crippen LogP contribution in [0.15, 0.2) is 30.3 Å². The van der Waals surface area contributed by atoms with Crippen LogP contribution < -0.4 is 10.2 Å². The van der Waals surface area contributed by atoms with E-state index in [-0.39, 0.29) is 0 Å². The van der Waals surface area contributed by atoms with Crippen LogP contribution in [0.25, 0.3) is 10.8 Å². The van der Waals surface area contributed by atoms with Gasteiger partial charge in [0.2, 0.25) is 0 Å². The van der Waals surface area contributed by atoms with Crippen LogP contribution in [0.2, 0.25) is 0 Å². The van der Waals surface area contributed by atoms with Crippen LogP contribution >= 0.6 is 0 Å². The van der Waals surface area contributed by atoms with Crippen LogP contribution in [0.4, 0.5) is 5.82 Å². The zero-order chi connectivity index (χ0) is 14.2.